The Labute approximate surface area is 121 Å². The number of benzene rings is 3. The monoisotopic (exact) mass is 272 g/mol. The van der Waals surface area contributed by atoms with Gasteiger partial charge < -0.3 is 4.74 Å². The average molecular weight is 272 g/mol. The maximum absolute atomic E-state index is 5.68. The lowest BCUT2D eigenvalue weighted by Crippen LogP contribution is -1.90. The van der Waals surface area contributed by atoms with Gasteiger partial charge in [-0.2, -0.15) is 0 Å². The van der Waals surface area contributed by atoms with Crippen LogP contribution in [0.15, 0.2) is 73.1 Å². The Hall–Kier alpha value is -2.94. The summed E-state index contributed by atoms with van der Waals surface area (Å²) < 4.78 is 5.68. The first kappa shape index (κ1) is 11.9. The van der Waals surface area contributed by atoms with Crippen LogP contribution in [-0.4, -0.2) is 9.97 Å². The molecule has 0 amide bonds. The van der Waals surface area contributed by atoms with Crippen LogP contribution < -0.4 is 4.74 Å². The van der Waals surface area contributed by atoms with Crippen molar-refractivity contribution in [2.75, 3.05) is 0 Å². The van der Waals surface area contributed by atoms with Gasteiger partial charge in [0.25, 0.3) is 0 Å². The van der Waals surface area contributed by atoms with Gasteiger partial charge in [0.2, 0.25) is 0 Å². The topological polar surface area (TPSA) is 35.0 Å². The highest BCUT2D eigenvalue weighted by atomic mass is 16.5. The van der Waals surface area contributed by atoms with Crippen LogP contribution in [0.2, 0.25) is 0 Å². The van der Waals surface area contributed by atoms with Crippen LogP contribution in [0.25, 0.3) is 21.5 Å². The van der Waals surface area contributed by atoms with Gasteiger partial charge in [-0.05, 0) is 51.9 Å². The fourth-order valence-corrected chi connectivity index (χ4v) is 2.43. The Balaban J connectivity index is 1.80. The normalized spacial score (nSPS) is 10.9. The van der Waals surface area contributed by atoms with Gasteiger partial charge in [0.05, 0.1) is 0 Å². The number of ether oxygens (including phenoxy) is 1. The molecular formula is C18H12N2O. The predicted molar refractivity (Wildman–Crippen MR) is 83.6 cm³/mol. The van der Waals surface area contributed by atoms with Gasteiger partial charge >= 0.3 is 6.01 Å². The van der Waals surface area contributed by atoms with Gasteiger partial charge in [-0.25, -0.2) is 9.97 Å². The summed E-state index contributed by atoms with van der Waals surface area (Å²) in [7, 11) is 0. The number of rotatable bonds is 2. The highest BCUT2D eigenvalue weighted by molar-refractivity contribution is 5.98. The quantitative estimate of drug-likeness (QED) is 0.501. The first-order valence-corrected chi connectivity index (χ1v) is 6.76. The molecule has 0 bridgehead atoms. The molecule has 0 aliphatic rings. The first-order chi connectivity index (χ1) is 10.4. The summed E-state index contributed by atoms with van der Waals surface area (Å²) >= 11 is 0. The Kier molecular flexibility index (Phi) is 2.75. The molecule has 0 aliphatic heterocycles. The second-order valence-corrected chi connectivity index (χ2v) is 4.84. The van der Waals surface area contributed by atoms with Gasteiger partial charge in [-0.15, -0.1) is 0 Å². The molecule has 1 aromatic heterocycles. The lowest BCUT2D eigenvalue weighted by Gasteiger charge is -2.06. The van der Waals surface area contributed by atoms with Gasteiger partial charge in [0.1, 0.15) is 5.75 Å². The minimum absolute atomic E-state index is 0.359. The molecule has 0 fully saturated rings. The van der Waals surface area contributed by atoms with Crippen LogP contribution >= 0.6 is 0 Å². The van der Waals surface area contributed by atoms with Crippen molar-refractivity contribution in [2.45, 2.75) is 0 Å². The van der Waals surface area contributed by atoms with Crippen LogP contribution in [0, 0.1) is 0 Å². The number of aromatic nitrogens is 2. The summed E-state index contributed by atoms with van der Waals surface area (Å²) in [4.78, 5) is 8.14. The molecule has 0 unspecified atom stereocenters. The number of hydrogen-bond donors (Lipinski definition) is 0. The Bertz CT molecular complexity index is 920. The van der Waals surface area contributed by atoms with Crippen LogP contribution in [0.1, 0.15) is 0 Å². The van der Waals surface area contributed by atoms with E-state index >= 15 is 0 Å². The molecule has 0 N–H and O–H groups in total. The second-order valence-electron chi connectivity index (χ2n) is 4.84. The molecule has 0 saturated heterocycles. The third-order valence-electron chi connectivity index (χ3n) is 3.43. The minimum Gasteiger partial charge on any atom is -0.424 e. The zero-order valence-corrected chi connectivity index (χ0v) is 11.2. The summed E-state index contributed by atoms with van der Waals surface area (Å²) in [6.45, 7) is 0. The third kappa shape index (κ3) is 2.30. The van der Waals surface area contributed by atoms with Crippen molar-refractivity contribution in [3.8, 4) is 11.8 Å². The lowest BCUT2D eigenvalue weighted by atomic mass is 10.0. The molecule has 3 aromatic carbocycles. The molecule has 0 radical (unpaired) electrons. The number of hydrogen-bond acceptors (Lipinski definition) is 3. The smallest absolute Gasteiger partial charge is 0.321 e. The van der Waals surface area contributed by atoms with Gasteiger partial charge in [-0.1, -0.05) is 30.3 Å². The van der Waals surface area contributed by atoms with Gasteiger partial charge in [0.15, 0.2) is 0 Å². The van der Waals surface area contributed by atoms with E-state index in [-0.39, 0.29) is 0 Å². The van der Waals surface area contributed by atoms with Crippen molar-refractivity contribution in [1.29, 1.82) is 0 Å². The largest absolute Gasteiger partial charge is 0.424 e. The zero-order chi connectivity index (χ0) is 14.1. The maximum atomic E-state index is 5.68. The van der Waals surface area contributed by atoms with Gasteiger partial charge in [0, 0.05) is 12.4 Å². The van der Waals surface area contributed by atoms with Crippen LogP contribution in [0.5, 0.6) is 11.8 Å². The van der Waals surface area contributed by atoms with Gasteiger partial charge in [-0.3, -0.25) is 0 Å². The SMILES string of the molecule is c1cnc(Oc2ccc3cc4ccccc4cc3c2)nc1. The number of nitrogens with zero attached hydrogens (tertiary/aromatic N) is 2. The van der Waals surface area contributed by atoms with E-state index in [0.717, 1.165) is 11.1 Å². The first-order valence-electron chi connectivity index (χ1n) is 6.76. The fraction of sp³-hybridized carbons (Fsp3) is 0. The molecule has 21 heavy (non-hydrogen) atoms. The second kappa shape index (κ2) is 4.87. The molecule has 3 heteroatoms. The Morgan fingerprint density at radius 1 is 0.619 bits per heavy atom. The summed E-state index contributed by atoms with van der Waals surface area (Å²) in [5.74, 6) is 0.740. The molecule has 100 valence electrons. The van der Waals surface area contributed by atoms with E-state index in [1.54, 1.807) is 18.5 Å². The van der Waals surface area contributed by atoms with E-state index in [2.05, 4.69) is 46.4 Å². The van der Waals surface area contributed by atoms with E-state index in [1.165, 1.54) is 16.2 Å². The van der Waals surface area contributed by atoms with Crippen LogP contribution in [-0.2, 0) is 0 Å². The summed E-state index contributed by atoms with van der Waals surface area (Å²) in [5.41, 5.74) is 0. The van der Waals surface area contributed by atoms with Crippen molar-refractivity contribution in [2.24, 2.45) is 0 Å². The highest BCUT2D eigenvalue weighted by Gasteiger charge is 2.02. The van der Waals surface area contributed by atoms with Crippen molar-refractivity contribution < 1.29 is 4.74 Å². The van der Waals surface area contributed by atoms with Crippen molar-refractivity contribution in [3.63, 3.8) is 0 Å². The van der Waals surface area contributed by atoms with Crippen molar-refractivity contribution in [3.05, 3.63) is 73.1 Å². The molecule has 4 aromatic rings. The molecule has 0 atom stereocenters. The van der Waals surface area contributed by atoms with E-state index in [1.807, 2.05) is 18.2 Å². The van der Waals surface area contributed by atoms with Crippen molar-refractivity contribution >= 4 is 21.5 Å². The average Bonchev–Trinajstić information content (AvgIpc) is 2.54. The zero-order valence-electron chi connectivity index (χ0n) is 11.2. The third-order valence-corrected chi connectivity index (χ3v) is 3.43. The Morgan fingerprint density at radius 3 is 2.05 bits per heavy atom. The van der Waals surface area contributed by atoms with Crippen LogP contribution in [0.4, 0.5) is 0 Å². The molecule has 0 aliphatic carbocycles. The lowest BCUT2D eigenvalue weighted by molar-refractivity contribution is 0.442. The summed E-state index contributed by atoms with van der Waals surface area (Å²) in [5, 5.41) is 4.79. The maximum Gasteiger partial charge on any atom is 0.321 e. The van der Waals surface area contributed by atoms with Crippen LogP contribution in [0.3, 0.4) is 0 Å². The molecule has 0 spiro atoms. The predicted octanol–water partition coefficient (Wildman–Crippen LogP) is 4.58. The van der Waals surface area contributed by atoms with E-state index < -0.39 is 0 Å². The molecular weight excluding hydrogens is 260 g/mol. The fourth-order valence-electron chi connectivity index (χ4n) is 2.43. The Morgan fingerprint density at radius 2 is 1.29 bits per heavy atom. The highest BCUT2D eigenvalue weighted by Crippen LogP contribution is 2.27. The molecule has 3 nitrogen and oxygen atoms in total. The molecule has 4 rings (SSSR count). The summed E-state index contributed by atoms with van der Waals surface area (Å²) in [6.07, 6.45) is 3.33. The van der Waals surface area contributed by atoms with E-state index in [4.69, 9.17) is 4.74 Å². The van der Waals surface area contributed by atoms with E-state index in [0.29, 0.717) is 6.01 Å². The molecule has 0 saturated carbocycles. The van der Waals surface area contributed by atoms with E-state index in [9.17, 15) is 0 Å². The number of fused-ring (bicyclic) bond motifs is 2. The standard InChI is InChI=1S/C18H12N2O/c1-2-5-14-11-16-12-17(21-18-19-8-3-9-20-18)7-6-15(16)10-13(14)4-1/h1-12H. The minimum atomic E-state index is 0.359. The molecule has 1 heterocycles. The summed E-state index contributed by atoms with van der Waals surface area (Å²) in [6, 6.07) is 20.8. The van der Waals surface area contributed by atoms with Crippen molar-refractivity contribution in [1.82, 2.24) is 9.97 Å².